The molecule has 3 aromatic rings. The summed E-state index contributed by atoms with van der Waals surface area (Å²) in [6, 6.07) is 24.0. The molecule has 4 N–H and O–H groups in total. The molecule has 0 heterocycles. The maximum atomic E-state index is 14.0. The van der Waals surface area contributed by atoms with Crippen molar-refractivity contribution in [1.29, 1.82) is 0 Å². The van der Waals surface area contributed by atoms with E-state index in [-0.39, 0.29) is 0 Å². The van der Waals surface area contributed by atoms with Crippen LogP contribution >= 0.6 is 7.14 Å². The van der Waals surface area contributed by atoms with Gasteiger partial charge in [0.2, 0.25) is 0 Å². The van der Waals surface area contributed by atoms with Gasteiger partial charge in [0.1, 0.15) is 0 Å². The average Bonchev–Trinajstić information content (AvgIpc) is 2.56. The molecule has 3 aromatic carbocycles. The van der Waals surface area contributed by atoms with Gasteiger partial charge >= 0.3 is 0 Å². The second-order valence-electron chi connectivity index (χ2n) is 5.13. The van der Waals surface area contributed by atoms with Gasteiger partial charge in [-0.3, -0.25) is 0 Å². The first-order chi connectivity index (χ1) is 10.6. The molecule has 0 saturated heterocycles. The zero-order valence-electron chi connectivity index (χ0n) is 12.0. The van der Waals surface area contributed by atoms with Crippen LogP contribution in [0.4, 0.5) is 11.4 Å². The Hall–Kier alpha value is -2.51. The Bertz CT molecular complexity index is 762. The average molecular weight is 308 g/mol. The van der Waals surface area contributed by atoms with Crippen LogP contribution in [0.3, 0.4) is 0 Å². The molecular weight excluding hydrogens is 291 g/mol. The van der Waals surface area contributed by atoms with Gasteiger partial charge in [0.25, 0.3) is 0 Å². The van der Waals surface area contributed by atoms with Crippen molar-refractivity contribution in [1.82, 2.24) is 0 Å². The third-order valence-corrected chi connectivity index (χ3v) is 6.71. The van der Waals surface area contributed by atoms with Gasteiger partial charge in [-0.2, -0.15) is 0 Å². The summed E-state index contributed by atoms with van der Waals surface area (Å²) in [7, 11) is -2.93. The number of hydrogen-bond acceptors (Lipinski definition) is 3. The molecular formula is C18H17N2OP. The molecule has 0 bridgehead atoms. The molecule has 0 aliphatic rings. The maximum Gasteiger partial charge on any atom is 0.171 e. The number of benzene rings is 3. The van der Waals surface area contributed by atoms with E-state index >= 15 is 0 Å². The van der Waals surface area contributed by atoms with Crippen LogP contribution in [0, 0.1) is 0 Å². The number of hydrogen-bond donors (Lipinski definition) is 2. The van der Waals surface area contributed by atoms with Gasteiger partial charge in [-0.25, -0.2) is 0 Å². The minimum absolute atomic E-state index is 0.653. The molecule has 0 unspecified atom stereocenters. The van der Waals surface area contributed by atoms with E-state index < -0.39 is 7.14 Å². The van der Waals surface area contributed by atoms with Gasteiger partial charge in [0.15, 0.2) is 7.14 Å². The van der Waals surface area contributed by atoms with E-state index in [0.717, 1.165) is 15.9 Å². The molecule has 4 heteroatoms. The third kappa shape index (κ3) is 2.51. The highest BCUT2D eigenvalue weighted by Gasteiger charge is 2.29. The molecule has 0 radical (unpaired) electrons. The first-order valence-electron chi connectivity index (χ1n) is 6.98. The number of nitrogen functional groups attached to an aromatic ring is 2. The summed E-state index contributed by atoms with van der Waals surface area (Å²) in [4.78, 5) is 0. The predicted octanol–water partition coefficient (Wildman–Crippen LogP) is 2.49. The molecule has 0 fully saturated rings. The molecule has 0 saturated carbocycles. The lowest BCUT2D eigenvalue weighted by molar-refractivity contribution is 0.592. The Labute approximate surface area is 130 Å². The Kier molecular flexibility index (Phi) is 3.74. The zero-order valence-corrected chi connectivity index (χ0v) is 12.9. The first kappa shape index (κ1) is 14.4. The largest absolute Gasteiger partial charge is 0.399 e. The second-order valence-corrected chi connectivity index (χ2v) is 7.90. The van der Waals surface area contributed by atoms with Gasteiger partial charge < -0.3 is 16.0 Å². The van der Waals surface area contributed by atoms with Gasteiger partial charge in [0, 0.05) is 27.3 Å². The Morgan fingerprint density at radius 1 is 0.545 bits per heavy atom. The fourth-order valence-electron chi connectivity index (χ4n) is 2.45. The number of anilines is 2. The summed E-state index contributed by atoms with van der Waals surface area (Å²) in [6.07, 6.45) is 0. The summed E-state index contributed by atoms with van der Waals surface area (Å²) in [6.45, 7) is 0. The summed E-state index contributed by atoms with van der Waals surface area (Å²) in [5, 5.41) is 2.32. The zero-order chi connectivity index (χ0) is 15.6. The highest BCUT2D eigenvalue weighted by Crippen LogP contribution is 2.42. The van der Waals surface area contributed by atoms with Gasteiger partial charge in [-0.1, -0.05) is 30.3 Å². The van der Waals surface area contributed by atoms with Gasteiger partial charge in [0.05, 0.1) is 0 Å². The maximum absolute atomic E-state index is 14.0. The summed E-state index contributed by atoms with van der Waals surface area (Å²) in [5.74, 6) is 0. The van der Waals surface area contributed by atoms with Crippen molar-refractivity contribution in [2.45, 2.75) is 0 Å². The number of rotatable bonds is 3. The number of nitrogens with two attached hydrogens (primary N) is 2. The van der Waals surface area contributed by atoms with Crippen molar-refractivity contribution in [2.24, 2.45) is 0 Å². The molecule has 0 atom stereocenters. The lowest BCUT2D eigenvalue weighted by Crippen LogP contribution is -2.25. The van der Waals surface area contributed by atoms with Gasteiger partial charge in [-0.05, 0) is 48.5 Å². The van der Waals surface area contributed by atoms with E-state index in [9.17, 15) is 4.57 Å². The molecule has 0 amide bonds. The van der Waals surface area contributed by atoms with E-state index in [4.69, 9.17) is 11.5 Å². The van der Waals surface area contributed by atoms with E-state index in [1.807, 2.05) is 54.6 Å². The van der Waals surface area contributed by atoms with Crippen LogP contribution < -0.4 is 27.4 Å². The summed E-state index contributed by atoms with van der Waals surface area (Å²) in [5.41, 5.74) is 12.8. The van der Waals surface area contributed by atoms with Crippen molar-refractivity contribution < 1.29 is 4.57 Å². The van der Waals surface area contributed by atoms with Crippen LogP contribution in [0.5, 0.6) is 0 Å². The van der Waals surface area contributed by atoms with E-state index in [1.165, 1.54) is 0 Å². The topological polar surface area (TPSA) is 69.1 Å². The van der Waals surface area contributed by atoms with Crippen molar-refractivity contribution in [2.75, 3.05) is 11.5 Å². The molecule has 0 aliphatic heterocycles. The van der Waals surface area contributed by atoms with Crippen molar-refractivity contribution >= 4 is 34.4 Å². The Morgan fingerprint density at radius 2 is 0.909 bits per heavy atom. The van der Waals surface area contributed by atoms with E-state index in [0.29, 0.717) is 11.4 Å². The second kappa shape index (κ2) is 5.70. The molecule has 0 spiro atoms. The lowest BCUT2D eigenvalue weighted by Gasteiger charge is -2.20. The van der Waals surface area contributed by atoms with Crippen LogP contribution in [0.1, 0.15) is 0 Å². The Morgan fingerprint density at radius 3 is 1.32 bits per heavy atom. The molecule has 110 valence electrons. The van der Waals surface area contributed by atoms with Crippen molar-refractivity contribution in [3.8, 4) is 0 Å². The lowest BCUT2D eigenvalue weighted by atomic mass is 10.3. The van der Waals surface area contributed by atoms with Crippen molar-refractivity contribution in [3.63, 3.8) is 0 Å². The van der Waals surface area contributed by atoms with Crippen LogP contribution in [-0.4, -0.2) is 0 Å². The van der Waals surface area contributed by atoms with Crippen LogP contribution in [0.2, 0.25) is 0 Å². The highest BCUT2D eigenvalue weighted by atomic mass is 31.2. The van der Waals surface area contributed by atoms with E-state index in [2.05, 4.69) is 0 Å². The Balaban J connectivity index is 2.25. The minimum atomic E-state index is -2.93. The minimum Gasteiger partial charge on any atom is -0.399 e. The van der Waals surface area contributed by atoms with Crippen LogP contribution in [0.15, 0.2) is 78.9 Å². The quantitative estimate of drug-likeness (QED) is 0.577. The van der Waals surface area contributed by atoms with Gasteiger partial charge in [-0.15, -0.1) is 0 Å². The monoisotopic (exact) mass is 308 g/mol. The summed E-state index contributed by atoms with van der Waals surface area (Å²) >= 11 is 0. The summed E-state index contributed by atoms with van der Waals surface area (Å²) < 4.78 is 14.0. The van der Waals surface area contributed by atoms with Crippen LogP contribution in [-0.2, 0) is 4.57 Å². The fourth-order valence-corrected chi connectivity index (χ4v) is 5.08. The first-order valence-corrected chi connectivity index (χ1v) is 8.69. The standard InChI is InChI=1S/C18H17N2OP/c19-14-6-10-17(11-7-14)22(21,16-4-2-1-3-5-16)18-12-8-15(20)9-13-18/h1-13H,19-20H2. The SMILES string of the molecule is Nc1ccc(P(=O)(c2ccccc2)c2ccc(N)cc2)cc1. The predicted molar refractivity (Wildman–Crippen MR) is 94.7 cm³/mol. The normalized spacial score (nSPS) is 11.3. The molecule has 0 aliphatic carbocycles. The van der Waals surface area contributed by atoms with E-state index in [1.54, 1.807) is 24.3 Å². The molecule has 3 nitrogen and oxygen atoms in total. The molecule has 0 aromatic heterocycles. The third-order valence-electron chi connectivity index (χ3n) is 3.63. The highest BCUT2D eigenvalue weighted by molar-refractivity contribution is 7.85. The smallest absolute Gasteiger partial charge is 0.171 e. The van der Waals surface area contributed by atoms with Crippen LogP contribution in [0.25, 0.3) is 0 Å². The van der Waals surface area contributed by atoms with Crippen molar-refractivity contribution in [3.05, 3.63) is 78.9 Å². The molecule has 22 heavy (non-hydrogen) atoms. The fraction of sp³-hybridized carbons (Fsp3) is 0. The molecule has 3 rings (SSSR count).